The summed E-state index contributed by atoms with van der Waals surface area (Å²) in [7, 11) is 0. The maximum atomic E-state index is 13.5. The molecule has 3 aliphatic rings. The van der Waals surface area contributed by atoms with Gasteiger partial charge < -0.3 is 24.4 Å². The van der Waals surface area contributed by atoms with Crippen LogP contribution in [0.5, 0.6) is 0 Å². The van der Waals surface area contributed by atoms with E-state index < -0.39 is 70.5 Å². The maximum Gasteiger partial charge on any atom is 0.338 e. The predicted octanol–water partition coefficient (Wildman–Crippen LogP) is 3.25. The van der Waals surface area contributed by atoms with Crippen molar-refractivity contribution >= 4 is 23.7 Å². The largest absolute Gasteiger partial charge is 0.461 e. The number of rotatable bonds is 5. The Hall–Kier alpha value is -3.56. The van der Waals surface area contributed by atoms with Crippen molar-refractivity contribution in [3.8, 4) is 0 Å². The van der Waals surface area contributed by atoms with Crippen LogP contribution < -0.4 is 0 Å². The van der Waals surface area contributed by atoms with Crippen molar-refractivity contribution in [2.45, 2.75) is 78.0 Å². The Labute approximate surface area is 233 Å². The molecule has 9 heteroatoms. The first-order valence-corrected chi connectivity index (χ1v) is 13.2. The van der Waals surface area contributed by atoms with Gasteiger partial charge in [0, 0.05) is 30.8 Å². The minimum Gasteiger partial charge on any atom is -0.461 e. The lowest BCUT2D eigenvalue weighted by Crippen LogP contribution is -2.58. The number of aliphatic hydroxyl groups is 2. The lowest BCUT2D eigenvalue weighted by Gasteiger charge is -2.51. The van der Waals surface area contributed by atoms with E-state index in [1.807, 2.05) is 0 Å². The average molecular weight is 553 g/mol. The zero-order valence-corrected chi connectivity index (χ0v) is 23.6. The molecule has 0 saturated heterocycles. The van der Waals surface area contributed by atoms with Gasteiger partial charge in [-0.1, -0.05) is 37.8 Å². The van der Waals surface area contributed by atoms with Crippen molar-refractivity contribution in [2.75, 3.05) is 0 Å². The van der Waals surface area contributed by atoms with Crippen molar-refractivity contribution < 1.29 is 43.6 Å². The molecule has 40 heavy (non-hydrogen) atoms. The van der Waals surface area contributed by atoms with Gasteiger partial charge >= 0.3 is 17.9 Å². The molecule has 0 unspecified atom stereocenters. The van der Waals surface area contributed by atoms with E-state index in [-0.39, 0.29) is 23.1 Å². The highest BCUT2D eigenvalue weighted by atomic mass is 16.6. The smallest absolute Gasteiger partial charge is 0.338 e. The Morgan fingerprint density at radius 3 is 2.15 bits per heavy atom. The highest BCUT2D eigenvalue weighted by Gasteiger charge is 2.71. The van der Waals surface area contributed by atoms with Gasteiger partial charge in [-0.2, -0.15) is 0 Å². The number of esters is 3. The van der Waals surface area contributed by atoms with Gasteiger partial charge in [0.2, 0.25) is 0 Å². The van der Waals surface area contributed by atoms with Gasteiger partial charge in [-0.05, 0) is 56.5 Å². The van der Waals surface area contributed by atoms with E-state index in [0.717, 1.165) is 0 Å². The fourth-order valence-electron chi connectivity index (χ4n) is 6.91. The standard InChI is InChI=1S/C31H36O9/c1-16-21(34)13-14-30(7)24(16)26(38-18(3)32)31(29(5,6)37)15-22(35)17(2)23(31)25(27(30)39-19(4)33)40-28(36)20-11-9-8-10-12-20/h8-14,22,24-27,35,37H,1,15H2,2-7H3/t22-,24-,25+,26-,27-,30+,31-/m0/s1. The number of ether oxygens (including phenoxy) is 3. The van der Waals surface area contributed by atoms with E-state index in [1.165, 1.54) is 33.8 Å². The van der Waals surface area contributed by atoms with Crippen molar-refractivity contribution in [2.24, 2.45) is 16.7 Å². The van der Waals surface area contributed by atoms with Crippen molar-refractivity contribution in [3.63, 3.8) is 0 Å². The van der Waals surface area contributed by atoms with Gasteiger partial charge in [0.1, 0.15) is 6.10 Å². The Bertz CT molecular complexity index is 1320. The number of fused-ring (bicyclic) bond motifs is 2. The molecular weight excluding hydrogens is 516 g/mol. The molecule has 2 N–H and O–H groups in total. The highest BCUT2D eigenvalue weighted by molar-refractivity contribution is 6.05. The molecule has 0 spiro atoms. The SMILES string of the molecule is C=C1C(=O)C=C[C@@]2(C)[C@@H](OC(C)=O)[C@H](OC(=O)c3ccccc3)C3=C(C)[C@@H](O)C[C@@]3(C(C)(C)O)[C@@H](OC(C)=O)[C@H]12. The number of carbonyl (C=O) groups excluding carboxylic acids is 4. The van der Waals surface area contributed by atoms with Crippen molar-refractivity contribution in [1.82, 2.24) is 0 Å². The monoisotopic (exact) mass is 552 g/mol. The molecule has 1 aromatic carbocycles. The molecule has 0 heterocycles. The zero-order chi connectivity index (χ0) is 29.8. The zero-order valence-electron chi connectivity index (χ0n) is 23.6. The van der Waals surface area contributed by atoms with E-state index in [4.69, 9.17) is 14.2 Å². The van der Waals surface area contributed by atoms with E-state index in [9.17, 15) is 29.4 Å². The van der Waals surface area contributed by atoms with Crippen LogP contribution in [-0.2, 0) is 28.6 Å². The highest BCUT2D eigenvalue weighted by Crippen LogP contribution is 2.64. The van der Waals surface area contributed by atoms with Crippen LogP contribution in [-0.4, -0.2) is 63.9 Å². The quantitative estimate of drug-likeness (QED) is 0.244. The van der Waals surface area contributed by atoms with Gasteiger partial charge in [0.05, 0.1) is 22.7 Å². The fourth-order valence-corrected chi connectivity index (χ4v) is 6.91. The van der Waals surface area contributed by atoms with Crippen LogP contribution in [0.2, 0.25) is 0 Å². The van der Waals surface area contributed by atoms with Gasteiger partial charge in [-0.3, -0.25) is 14.4 Å². The second-order valence-corrected chi connectivity index (χ2v) is 11.7. The van der Waals surface area contributed by atoms with Gasteiger partial charge in [-0.15, -0.1) is 0 Å². The van der Waals surface area contributed by atoms with Gasteiger partial charge in [-0.25, -0.2) is 4.79 Å². The van der Waals surface area contributed by atoms with Crippen LogP contribution in [0.3, 0.4) is 0 Å². The van der Waals surface area contributed by atoms with E-state index >= 15 is 0 Å². The lowest BCUT2D eigenvalue weighted by molar-refractivity contribution is -0.180. The van der Waals surface area contributed by atoms with Crippen LogP contribution in [0.1, 0.15) is 58.3 Å². The minimum absolute atomic E-state index is 0.0745. The second kappa shape index (κ2) is 10.1. The molecule has 0 aliphatic heterocycles. The summed E-state index contributed by atoms with van der Waals surface area (Å²) >= 11 is 0. The molecule has 0 aromatic heterocycles. The molecule has 214 valence electrons. The fraction of sp³-hybridized carbons (Fsp3) is 0.484. The molecule has 3 aliphatic carbocycles. The first-order valence-electron chi connectivity index (χ1n) is 13.2. The molecule has 0 bridgehead atoms. The molecule has 1 aromatic rings. The Morgan fingerprint density at radius 2 is 1.60 bits per heavy atom. The number of allylic oxidation sites excluding steroid dienone is 1. The molecule has 7 atom stereocenters. The van der Waals surface area contributed by atoms with Gasteiger partial charge in [0.25, 0.3) is 0 Å². The normalized spacial score (nSPS) is 33.5. The summed E-state index contributed by atoms with van der Waals surface area (Å²) < 4.78 is 18.1. The number of benzene rings is 1. The summed E-state index contributed by atoms with van der Waals surface area (Å²) in [4.78, 5) is 51.8. The molecule has 0 radical (unpaired) electrons. The predicted molar refractivity (Wildman–Crippen MR) is 144 cm³/mol. The number of ketones is 1. The molecule has 0 amide bonds. The maximum absolute atomic E-state index is 13.5. The summed E-state index contributed by atoms with van der Waals surface area (Å²) in [6.07, 6.45) is -2.20. The van der Waals surface area contributed by atoms with Crippen molar-refractivity contribution in [3.05, 3.63) is 71.3 Å². The molecule has 9 nitrogen and oxygen atoms in total. The average Bonchev–Trinajstić information content (AvgIpc) is 3.11. The molecular formula is C31H36O9. The van der Waals surface area contributed by atoms with Crippen LogP contribution in [0.4, 0.5) is 0 Å². The van der Waals surface area contributed by atoms with Crippen LogP contribution in [0.15, 0.2) is 65.8 Å². The third kappa shape index (κ3) is 4.51. The van der Waals surface area contributed by atoms with Crippen LogP contribution >= 0.6 is 0 Å². The number of hydrogen-bond donors (Lipinski definition) is 2. The summed E-state index contributed by atoms with van der Waals surface area (Å²) in [5, 5.41) is 23.1. The second-order valence-electron chi connectivity index (χ2n) is 11.7. The molecule has 1 fully saturated rings. The van der Waals surface area contributed by atoms with Gasteiger partial charge in [0.15, 0.2) is 18.0 Å². The van der Waals surface area contributed by atoms with Crippen LogP contribution in [0.25, 0.3) is 0 Å². The Balaban J connectivity index is 2.11. The molecule has 1 saturated carbocycles. The first-order chi connectivity index (χ1) is 18.6. The third-order valence-corrected chi connectivity index (χ3v) is 8.76. The summed E-state index contributed by atoms with van der Waals surface area (Å²) in [6.45, 7) is 12.8. The summed E-state index contributed by atoms with van der Waals surface area (Å²) in [5.74, 6) is -3.54. The Kier molecular flexibility index (Phi) is 7.45. The first kappa shape index (κ1) is 29.4. The van der Waals surface area contributed by atoms with E-state index in [1.54, 1.807) is 50.3 Å². The van der Waals surface area contributed by atoms with E-state index in [2.05, 4.69) is 6.58 Å². The summed E-state index contributed by atoms with van der Waals surface area (Å²) in [6, 6.07) is 8.23. The topological polar surface area (TPSA) is 136 Å². The third-order valence-electron chi connectivity index (χ3n) is 8.76. The van der Waals surface area contributed by atoms with Crippen LogP contribution in [0, 0.1) is 16.7 Å². The lowest BCUT2D eigenvalue weighted by atomic mass is 9.57. The van der Waals surface area contributed by atoms with Crippen molar-refractivity contribution in [1.29, 1.82) is 0 Å². The summed E-state index contributed by atoms with van der Waals surface area (Å²) in [5.41, 5.74) is -3.60. The molecule has 4 rings (SSSR count). The minimum atomic E-state index is -1.70. The number of hydrogen-bond acceptors (Lipinski definition) is 9. The van der Waals surface area contributed by atoms with E-state index in [0.29, 0.717) is 5.57 Å². The Morgan fingerprint density at radius 1 is 1.02 bits per heavy atom. The number of aliphatic hydroxyl groups excluding tert-OH is 1. The number of carbonyl (C=O) groups is 4.